The van der Waals surface area contributed by atoms with Gasteiger partial charge in [-0.25, -0.2) is 4.98 Å². The first-order chi connectivity index (χ1) is 9.74. The first-order valence-corrected chi connectivity index (χ1v) is 7.65. The number of nitrogens with zero attached hydrogens (tertiary/aromatic N) is 3. The molecule has 6 heteroatoms. The van der Waals surface area contributed by atoms with Gasteiger partial charge in [0.15, 0.2) is 5.82 Å². The maximum atomic E-state index is 11.4. The summed E-state index contributed by atoms with van der Waals surface area (Å²) in [5.74, 6) is 0.849. The smallest absolute Gasteiger partial charge is 0.224 e. The highest BCUT2D eigenvalue weighted by Crippen LogP contribution is 2.38. The van der Waals surface area contributed by atoms with E-state index < -0.39 is 0 Å². The van der Waals surface area contributed by atoms with E-state index in [4.69, 9.17) is 11.6 Å². The van der Waals surface area contributed by atoms with Crippen molar-refractivity contribution in [3.8, 4) is 0 Å². The largest absolute Gasteiger partial charge is 0.370 e. The van der Waals surface area contributed by atoms with Crippen molar-refractivity contribution < 1.29 is 4.79 Å². The fourth-order valence-corrected chi connectivity index (χ4v) is 3.59. The Morgan fingerprint density at radius 1 is 1.50 bits per heavy atom. The summed E-state index contributed by atoms with van der Waals surface area (Å²) in [4.78, 5) is 22.2. The minimum absolute atomic E-state index is 0.133. The number of aldehydes is 1. The first-order valence-electron chi connectivity index (χ1n) is 7.27. The van der Waals surface area contributed by atoms with E-state index in [0.717, 1.165) is 37.1 Å². The molecule has 1 aliphatic heterocycles. The highest BCUT2D eigenvalue weighted by molar-refractivity contribution is 6.28. The maximum absolute atomic E-state index is 11.4. The molecule has 1 N–H and O–H groups in total. The first kappa shape index (κ1) is 13.6. The molecule has 1 aromatic rings. The molecule has 0 aromatic carbocycles. The van der Waals surface area contributed by atoms with E-state index in [0.29, 0.717) is 6.04 Å². The highest BCUT2D eigenvalue weighted by atomic mass is 35.5. The summed E-state index contributed by atoms with van der Waals surface area (Å²) in [5.41, 5.74) is 0.808. The van der Waals surface area contributed by atoms with Crippen molar-refractivity contribution in [1.29, 1.82) is 0 Å². The normalized spacial score (nSPS) is 26.2. The molecule has 5 nitrogen and oxygen atoms in total. The lowest BCUT2D eigenvalue weighted by Crippen LogP contribution is -2.55. The van der Waals surface area contributed by atoms with Crippen LogP contribution in [0, 0.1) is 0 Å². The molecule has 3 rings (SSSR count). The summed E-state index contributed by atoms with van der Waals surface area (Å²) in [6, 6.07) is 0.376. The molecule has 0 spiro atoms. The number of fused-ring (bicyclic) bond motifs is 1. The van der Waals surface area contributed by atoms with Gasteiger partial charge in [-0.3, -0.25) is 0 Å². The quantitative estimate of drug-likeness (QED) is 0.686. The predicted molar refractivity (Wildman–Crippen MR) is 79.3 cm³/mol. The summed E-state index contributed by atoms with van der Waals surface area (Å²) in [6.07, 6.45) is 8.36. The molecule has 108 valence electrons. The molecule has 20 heavy (non-hydrogen) atoms. The van der Waals surface area contributed by atoms with Gasteiger partial charge in [-0.05, 0) is 30.9 Å². The Kier molecular flexibility index (Phi) is 3.78. The van der Waals surface area contributed by atoms with Crippen LogP contribution in [-0.2, 0) is 4.79 Å². The third kappa shape index (κ3) is 2.24. The number of carbonyl (C=O) groups excluding carboxylic acids is 1. The fraction of sp³-hybridized carbons (Fsp3) is 0.643. The van der Waals surface area contributed by atoms with Crippen molar-refractivity contribution in [3.63, 3.8) is 0 Å². The molecule has 0 amide bonds. The molecular formula is C14H19ClN4O. The van der Waals surface area contributed by atoms with E-state index in [-0.39, 0.29) is 17.4 Å². The molecule has 1 aromatic heterocycles. The Morgan fingerprint density at radius 2 is 2.25 bits per heavy atom. The predicted octanol–water partition coefficient (Wildman–Crippen LogP) is 2.65. The van der Waals surface area contributed by atoms with Gasteiger partial charge in [-0.2, -0.15) is 4.98 Å². The molecule has 1 saturated carbocycles. The maximum Gasteiger partial charge on any atom is 0.224 e. The van der Waals surface area contributed by atoms with Crippen molar-refractivity contribution in [1.82, 2.24) is 9.97 Å². The third-order valence-electron chi connectivity index (χ3n) is 4.36. The van der Waals surface area contributed by atoms with Gasteiger partial charge in [-0.15, -0.1) is 0 Å². The van der Waals surface area contributed by atoms with Gasteiger partial charge in [0.25, 0.3) is 0 Å². The fourth-order valence-electron chi connectivity index (χ4n) is 3.46. The summed E-state index contributed by atoms with van der Waals surface area (Å²) in [6.45, 7) is 2.11. The summed E-state index contributed by atoms with van der Waals surface area (Å²) in [5, 5.41) is 3.49. The van der Waals surface area contributed by atoms with Crippen LogP contribution in [0.4, 0.5) is 11.5 Å². The van der Waals surface area contributed by atoms with Crippen LogP contribution in [0.15, 0.2) is 6.20 Å². The zero-order chi connectivity index (χ0) is 14.1. The number of rotatable bonds is 3. The Hall–Kier alpha value is -1.36. The minimum atomic E-state index is -0.210. The topological polar surface area (TPSA) is 58.1 Å². The third-order valence-corrected chi connectivity index (χ3v) is 4.54. The standard InChI is InChI=1S/C14H19ClN4O/c1-2-12-11(8-20)17-10-7-16-14(15)18-13(10)19(12)9-5-3-4-6-9/h7-9,11-12,17H,2-6H2,1H3. The lowest BCUT2D eigenvalue weighted by molar-refractivity contribution is -0.108. The van der Waals surface area contributed by atoms with Crippen LogP contribution in [-0.4, -0.2) is 34.4 Å². The van der Waals surface area contributed by atoms with Gasteiger partial charge in [0.05, 0.1) is 17.9 Å². The molecule has 1 aliphatic carbocycles. The zero-order valence-corrected chi connectivity index (χ0v) is 12.3. The van der Waals surface area contributed by atoms with E-state index in [2.05, 4.69) is 27.1 Å². The van der Waals surface area contributed by atoms with E-state index in [9.17, 15) is 4.79 Å². The number of anilines is 2. The van der Waals surface area contributed by atoms with Crippen LogP contribution in [0.5, 0.6) is 0 Å². The minimum Gasteiger partial charge on any atom is -0.370 e. The Labute approximate surface area is 123 Å². The van der Waals surface area contributed by atoms with E-state index >= 15 is 0 Å². The monoisotopic (exact) mass is 294 g/mol. The van der Waals surface area contributed by atoms with Crippen LogP contribution in [0.25, 0.3) is 0 Å². The van der Waals surface area contributed by atoms with Crippen molar-refractivity contribution >= 4 is 29.4 Å². The van der Waals surface area contributed by atoms with E-state index in [1.54, 1.807) is 6.20 Å². The van der Waals surface area contributed by atoms with Crippen molar-refractivity contribution in [3.05, 3.63) is 11.5 Å². The van der Waals surface area contributed by atoms with Gasteiger partial charge in [0.2, 0.25) is 5.28 Å². The Bertz CT molecular complexity index is 504. The zero-order valence-electron chi connectivity index (χ0n) is 11.6. The Balaban J connectivity index is 2.05. The van der Waals surface area contributed by atoms with Gasteiger partial charge in [0, 0.05) is 6.04 Å². The molecule has 0 saturated heterocycles. The van der Waals surface area contributed by atoms with Crippen molar-refractivity contribution in [2.45, 2.75) is 57.2 Å². The van der Waals surface area contributed by atoms with Crippen LogP contribution < -0.4 is 10.2 Å². The SMILES string of the molecule is CCC1C(C=O)Nc2cnc(Cl)nc2N1C1CCCC1. The van der Waals surface area contributed by atoms with Crippen LogP contribution in [0.1, 0.15) is 39.0 Å². The van der Waals surface area contributed by atoms with Crippen LogP contribution in [0.2, 0.25) is 5.28 Å². The number of nitrogens with one attached hydrogen (secondary N) is 1. The lowest BCUT2D eigenvalue weighted by Gasteiger charge is -2.44. The number of halogens is 1. The van der Waals surface area contributed by atoms with Crippen molar-refractivity contribution in [2.75, 3.05) is 10.2 Å². The number of aromatic nitrogens is 2. The summed E-state index contributed by atoms with van der Waals surface area (Å²) >= 11 is 5.96. The molecular weight excluding hydrogens is 276 g/mol. The van der Waals surface area contributed by atoms with Crippen LogP contribution in [0.3, 0.4) is 0 Å². The molecule has 2 aliphatic rings. The highest BCUT2D eigenvalue weighted by Gasteiger charge is 2.38. The number of carbonyl (C=O) groups is 1. The number of hydrogen-bond donors (Lipinski definition) is 1. The second-order valence-electron chi connectivity index (χ2n) is 5.50. The number of hydrogen-bond acceptors (Lipinski definition) is 5. The molecule has 1 fully saturated rings. The second-order valence-corrected chi connectivity index (χ2v) is 5.84. The molecule has 2 unspecified atom stereocenters. The molecule has 0 radical (unpaired) electrons. The molecule has 2 atom stereocenters. The van der Waals surface area contributed by atoms with Crippen LogP contribution >= 0.6 is 11.6 Å². The van der Waals surface area contributed by atoms with Gasteiger partial charge >= 0.3 is 0 Å². The van der Waals surface area contributed by atoms with Crippen molar-refractivity contribution in [2.24, 2.45) is 0 Å². The van der Waals surface area contributed by atoms with Gasteiger partial charge in [0.1, 0.15) is 12.3 Å². The molecule has 0 bridgehead atoms. The van der Waals surface area contributed by atoms with E-state index in [1.165, 1.54) is 12.8 Å². The van der Waals surface area contributed by atoms with Gasteiger partial charge < -0.3 is 15.0 Å². The average Bonchev–Trinajstić information content (AvgIpc) is 2.98. The van der Waals surface area contributed by atoms with E-state index in [1.807, 2.05) is 0 Å². The van der Waals surface area contributed by atoms with Gasteiger partial charge in [-0.1, -0.05) is 19.8 Å². The lowest BCUT2D eigenvalue weighted by atomic mass is 9.98. The Morgan fingerprint density at radius 3 is 2.90 bits per heavy atom. The molecule has 2 heterocycles. The second kappa shape index (κ2) is 5.56. The summed E-state index contributed by atoms with van der Waals surface area (Å²) in [7, 11) is 0. The average molecular weight is 295 g/mol. The summed E-state index contributed by atoms with van der Waals surface area (Å²) < 4.78 is 0.